The Bertz CT molecular complexity index is 603. The van der Waals surface area contributed by atoms with Gasteiger partial charge in [-0.3, -0.25) is 4.79 Å². The summed E-state index contributed by atoms with van der Waals surface area (Å²) in [5, 5.41) is 7.35. The second kappa shape index (κ2) is 6.05. The lowest BCUT2D eigenvalue weighted by atomic mass is 10.1. The summed E-state index contributed by atoms with van der Waals surface area (Å²) in [6, 6.07) is 7.99. The number of rotatable bonds is 5. The molecule has 20 heavy (non-hydrogen) atoms. The summed E-state index contributed by atoms with van der Waals surface area (Å²) < 4.78 is 33.5. The molecule has 2 rings (SSSR count). The molecule has 0 radical (unpaired) electrons. The zero-order valence-corrected chi connectivity index (χ0v) is 10.4. The zero-order valence-electron chi connectivity index (χ0n) is 10.4. The number of methoxy groups -OCH3 is 1. The quantitative estimate of drug-likeness (QED) is 0.788. The first-order chi connectivity index (χ1) is 9.63. The normalized spacial score (nSPS) is 10.4. The van der Waals surface area contributed by atoms with Crippen LogP contribution in [0, 0.1) is 0 Å². The van der Waals surface area contributed by atoms with Gasteiger partial charge in [0.25, 0.3) is 5.88 Å². The molecule has 0 aliphatic carbocycles. The molecule has 7 heteroatoms. The number of carbonyl (C=O) groups excluding carboxylic acids is 1. The summed E-state index contributed by atoms with van der Waals surface area (Å²) in [6.45, 7) is -3.00. The number of nitrogens with zero attached hydrogens (tertiary/aromatic N) is 2. The van der Waals surface area contributed by atoms with E-state index in [0.29, 0.717) is 16.8 Å². The summed E-state index contributed by atoms with van der Waals surface area (Å²) in [5.74, 6) is -0.328. The summed E-state index contributed by atoms with van der Waals surface area (Å²) in [4.78, 5) is 10.6. The van der Waals surface area contributed by atoms with E-state index in [-0.39, 0.29) is 11.6 Å². The molecular formula is C13H10F2N2O3. The van der Waals surface area contributed by atoms with Crippen LogP contribution in [0.2, 0.25) is 0 Å². The third-order valence-electron chi connectivity index (χ3n) is 2.49. The zero-order chi connectivity index (χ0) is 14.5. The van der Waals surface area contributed by atoms with Crippen LogP contribution in [0.4, 0.5) is 8.78 Å². The molecule has 0 N–H and O–H groups in total. The first kappa shape index (κ1) is 13.9. The molecule has 0 saturated carbocycles. The number of aromatic nitrogens is 2. The van der Waals surface area contributed by atoms with Gasteiger partial charge in [-0.1, -0.05) is 24.3 Å². The number of aldehydes is 1. The van der Waals surface area contributed by atoms with Crippen molar-refractivity contribution in [3.8, 4) is 22.9 Å². The van der Waals surface area contributed by atoms with E-state index in [1.54, 1.807) is 24.3 Å². The average molecular weight is 280 g/mol. The van der Waals surface area contributed by atoms with E-state index in [0.717, 1.165) is 6.29 Å². The number of ether oxygens (including phenoxy) is 2. The number of hydrogen-bond acceptors (Lipinski definition) is 5. The van der Waals surface area contributed by atoms with Crippen molar-refractivity contribution in [1.82, 2.24) is 10.2 Å². The molecule has 0 amide bonds. The molecule has 0 aliphatic heterocycles. The molecule has 0 bridgehead atoms. The van der Waals surface area contributed by atoms with E-state index in [1.165, 1.54) is 13.2 Å². The lowest BCUT2D eigenvalue weighted by Gasteiger charge is -2.09. The van der Waals surface area contributed by atoms with Gasteiger partial charge < -0.3 is 9.47 Å². The first-order valence-corrected chi connectivity index (χ1v) is 5.56. The fourth-order valence-electron chi connectivity index (χ4n) is 1.55. The van der Waals surface area contributed by atoms with E-state index >= 15 is 0 Å². The fraction of sp³-hybridized carbons (Fsp3) is 0.154. The van der Waals surface area contributed by atoms with Crippen molar-refractivity contribution in [2.24, 2.45) is 0 Å². The monoisotopic (exact) mass is 280 g/mol. The minimum absolute atomic E-state index is 0.0507. The van der Waals surface area contributed by atoms with Crippen LogP contribution in [-0.2, 0) is 0 Å². The molecule has 1 aromatic carbocycles. The Morgan fingerprint density at radius 1 is 1.20 bits per heavy atom. The van der Waals surface area contributed by atoms with Crippen LogP contribution in [-0.4, -0.2) is 30.2 Å². The summed E-state index contributed by atoms with van der Waals surface area (Å²) in [7, 11) is 1.31. The Labute approximate surface area is 113 Å². The second-order valence-corrected chi connectivity index (χ2v) is 3.72. The lowest BCUT2D eigenvalue weighted by Crippen LogP contribution is -2.06. The number of alkyl halides is 2. The maximum Gasteiger partial charge on any atom is 0.388 e. The first-order valence-electron chi connectivity index (χ1n) is 5.56. The molecule has 104 valence electrons. The van der Waals surface area contributed by atoms with Gasteiger partial charge in [0.2, 0.25) is 0 Å². The van der Waals surface area contributed by atoms with Gasteiger partial charge in [-0.15, -0.1) is 10.2 Å². The van der Waals surface area contributed by atoms with Crippen LogP contribution in [0.3, 0.4) is 0 Å². The fourth-order valence-corrected chi connectivity index (χ4v) is 1.55. The Hall–Kier alpha value is -2.57. The molecule has 2 aromatic rings. The number of halogens is 2. The second-order valence-electron chi connectivity index (χ2n) is 3.72. The molecule has 0 spiro atoms. The molecule has 1 heterocycles. The standard InChI is InChI=1S/C13H10F2N2O3/c1-19-11-6-10(16-17-12(11)20-13(14)15)9-4-2-8(7-18)3-5-9/h2-7,13H,1H3. The Kier molecular flexibility index (Phi) is 4.19. The van der Waals surface area contributed by atoms with Gasteiger partial charge in [-0.2, -0.15) is 8.78 Å². The maximum atomic E-state index is 12.2. The van der Waals surface area contributed by atoms with E-state index in [4.69, 9.17) is 4.74 Å². The molecule has 0 atom stereocenters. The van der Waals surface area contributed by atoms with Crippen molar-refractivity contribution in [2.45, 2.75) is 6.61 Å². The van der Waals surface area contributed by atoms with Gasteiger partial charge in [0.15, 0.2) is 5.75 Å². The van der Waals surface area contributed by atoms with Gasteiger partial charge >= 0.3 is 6.61 Å². The van der Waals surface area contributed by atoms with Crippen molar-refractivity contribution >= 4 is 6.29 Å². The van der Waals surface area contributed by atoms with Crippen molar-refractivity contribution < 1.29 is 23.0 Å². The molecule has 0 unspecified atom stereocenters. The highest BCUT2D eigenvalue weighted by atomic mass is 19.3. The highest BCUT2D eigenvalue weighted by molar-refractivity contribution is 5.76. The Balaban J connectivity index is 2.34. The molecule has 0 fully saturated rings. The van der Waals surface area contributed by atoms with Gasteiger partial charge in [-0.05, 0) is 0 Å². The van der Waals surface area contributed by atoms with Crippen LogP contribution in [0.25, 0.3) is 11.3 Å². The predicted octanol–water partition coefficient (Wildman–Crippen LogP) is 2.57. The van der Waals surface area contributed by atoms with E-state index < -0.39 is 6.61 Å². The van der Waals surface area contributed by atoms with Gasteiger partial charge in [0, 0.05) is 17.2 Å². The van der Waals surface area contributed by atoms with E-state index in [1.807, 2.05) is 0 Å². The van der Waals surface area contributed by atoms with Crippen molar-refractivity contribution in [3.05, 3.63) is 35.9 Å². The van der Waals surface area contributed by atoms with E-state index in [9.17, 15) is 13.6 Å². The van der Waals surface area contributed by atoms with Crippen LogP contribution in [0.1, 0.15) is 10.4 Å². The van der Waals surface area contributed by atoms with Gasteiger partial charge in [0.1, 0.15) is 6.29 Å². The minimum Gasteiger partial charge on any atom is -0.491 e. The van der Waals surface area contributed by atoms with Gasteiger partial charge in [-0.25, -0.2) is 0 Å². The molecular weight excluding hydrogens is 270 g/mol. The van der Waals surface area contributed by atoms with Gasteiger partial charge in [0.05, 0.1) is 12.8 Å². The molecule has 0 saturated heterocycles. The topological polar surface area (TPSA) is 61.3 Å². The van der Waals surface area contributed by atoms with E-state index in [2.05, 4.69) is 14.9 Å². The third kappa shape index (κ3) is 3.05. The molecule has 0 aliphatic rings. The SMILES string of the molecule is COc1cc(-c2ccc(C=O)cc2)nnc1OC(F)F. The maximum absolute atomic E-state index is 12.2. The highest BCUT2D eigenvalue weighted by Crippen LogP contribution is 2.29. The van der Waals surface area contributed by atoms with Crippen LogP contribution in [0.15, 0.2) is 30.3 Å². The predicted molar refractivity (Wildman–Crippen MR) is 66.0 cm³/mol. The largest absolute Gasteiger partial charge is 0.491 e. The minimum atomic E-state index is -3.00. The summed E-state index contributed by atoms with van der Waals surface area (Å²) in [5.41, 5.74) is 1.61. The average Bonchev–Trinajstić information content (AvgIpc) is 2.47. The van der Waals surface area contributed by atoms with Crippen molar-refractivity contribution in [3.63, 3.8) is 0 Å². The Morgan fingerprint density at radius 3 is 2.45 bits per heavy atom. The van der Waals surface area contributed by atoms with Crippen LogP contribution >= 0.6 is 0 Å². The third-order valence-corrected chi connectivity index (χ3v) is 2.49. The smallest absolute Gasteiger partial charge is 0.388 e. The van der Waals surface area contributed by atoms with Crippen molar-refractivity contribution in [2.75, 3.05) is 7.11 Å². The lowest BCUT2D eigenvalue weighted by molar-refractivity contribution is -0.0548. The highest BCUT2D eigenvalue weighted by Gasteiger charge is 2.14. The number of carbonyl (C=O) groups is 1. The van der Waals surface area contributed by atoms with Crippen LogP contribution in [0.5, 0.6) is 11.6 Å². The molecule has 5 nitrogen and oxygen atoms in total. The van der Waals surface area contributed by atoms with Crippen LogP contribution < -0.4 is 9.47 Å². The summed E-state index contributed by atoms with van der Waals surface area (Å²) >= 11 is 0. The number of benzene rings is 1. The molecule has 1 aromatic heterocycles. The number of hydrogen-bond donors (Lipinski definition) is 0. The summed E-state index contributed by atoms with van der Waals surface area (Å²) in [6.07, 6.45) is 0.718. The Morgan fingerprint density at radius 2 is 1.90 bits per heavy atom. The van der Waals surface area contributed by atoms with Crippen molar-refractivity contribution in [1.29, 1.82) is 0 Å².